The van der Waals surface area contributed by atoms with Crippen LogP contribution in [0.5, 0.6) is 11.5 Å². The van der Waals surface area contributed by atoms with E-state index >= 15 is 0 Å². The monoisotopic (exact) mass is 561 g/mol. The van der Waals surface area contributed by atoms with Crippen molar-refractivity contribution in [1.82, 2.24) is 25.1 Å². The molecule has 0 spiro atoms. The van der Waals surface area contributed by atoms with Crippen molar-refractivity contribution in [2.75, 3.05) is 31.5 Å². The van der Waals surface area contributed by atoms with Crippen LogP contribution in [0.3, 0.4) is 0 Å². The summed E-state index contributed by atoms with van der Waals surface area (Å²) in [5.74, 6) is -0.149. The molecule has 2 fully saturated rings. The van der Waals surface area contributed by atoms with Gasteiger partial charge in [-0.1, -0.05) is 6.07 Å². The van der Waals surface area contributed by atoms with E-state index < -0.39 is 11.8 Å². The number of amides is 3. The first kappa shape index (κ1) is 26.1. The van der Waals surface area contributed by atoms with Gasteiger partial charge in [0.1, 0.15) is 5.75 Å². The van der Waals surface area contributed by atoms with Crippen LogP contribution >= 0.6 is 11.3 Å². The highest BCUT2D eigenvalue weighted by Gasteiger charge is 2.29. The van der Waals surface area contributed by atoms with Crippen LogP contribution in [-0.2, 0) is 11.3 Å². The first-order valence-corrected chi connectivity index (χ1v) is 13.7. The van der Waals surface area contributed by atoms with Crippen molar-refractivity contribution >= 4 is 39.2 Å². The lowest BCUT2D eigenvalue weighted by molar-refractivity contribution is -0.133. The summed E-state index contributed by atoms with van der Waals surface area (Å²) >= 11 is 1.48. The minimum absolute atomic E-state index is 0.0256. The molecule has 2 saturated heterocycles. The molecule has 5 heterocycles. The van der Waals surface area contributed by atoms with E-state index in [2.05, 4.69) is 31.6 Å². The maximum absolute atomic E-state index is 14.9. The molecule has 0 radical (unpaired) electrons. The Balaban J connectivity index is 1.11. The topological polar surface area (TPSA) is 126 Å². The third-order valence-electron chi connectivity index (χ3n) is 6.92. The molecule has 12 heteroatoms. The summed E-state index contributed by atoms with van der Waals surface area (Å²) in [5.41, 5.74) is 8.84. The molecule has 0 atom stereocenters. The molecule has 6 rings (SSSR count). The van der Waals surface area contributed by atoms with Gasteiger partial charge in [-0.05, 0) is 29.8 Å². The molecule has 2 aliphatic heterocycles. The van der Waals surface area contributed by atoms with Crippen LogP contribution in [0.25, 0.3) is 20.8 Å². The van der Waals surface area contributed by atoms with Gasteiger partial charge in [0.2, 0.25) is 5.91 Å². The fourth-order valence-corrected chi connectivity index (χ4v) is 5.78. The number of pyridine rings is 2. The Hall–Kier alpha value is -4.13. The molecule has 1 aromatic carbocycles. The van der Waals surface area contributed by atoms with Gasteiger partial charge in [-0.15, -0.1) is 11.3 Å². The van der Waals surface area contributed by atoms with E-state index in [4.69, 9.17) is 10.5 Å². The molecule has 0 saturated carbocycles. The van der Waals surface area contributed by atoms with Crippen LogP contribution < -0.4 is 21.1 Å². The van der Waals surface area contributed by atoms with E-state index in [1.165, 1.54) is 30.4 Å². The molecule has 2 aliphatic rings. The molecule has 3 aromatic heterocycles. The Kier molecular flexibility index (Phi) is 7.05. The number of likely N-dealkylation sites (tertiary alicyclic amines) is 2. The van der Waals surface area contributed by atoms with Crippen LogP contribution in [0.1, 0.15) is 12.5 Å². The maximum Gasteiger partial charge on any atom is 0.319 e. The van der Waals surface area contributed by atoms with Crippen molar-refractivity contribution in [2.24, 2.45) is 5.73 Å². The van der Waals surface area contributed by atoms with Gasteiger partial charge in [0, 0.05) is 75.9 Å². The van der Waals surface area contributed by atoms with Gasteiger partial charge < -0.3 is 26.0 Å². The van der Waals surface area contributed by atoms with Gasteiger partial charge in [-0.2, -0.15) is 0 Å². The van der Waals surface area contributed by atoms with Crippen LogP contribution in [0.15, 0.2) is 54.9 Å². The third-order valence-corrected chi connectivity index (χ3v) is 8.08. The number of carbonyl (C=O) groups is 2. The number of nitrogens with zero attached hydrogens (tertiary/aromatic N) is 4. The van der Waals surface area contributed by atoms with Gasteiger partial charge in [0.05, 0.1) is 26.8 Å². The molecule has 4 aromatic rings. The van der Waals surface area contributed by atoms with Gasteiger partial charge in [0.25, 0.3) is 0 Å². The Morgan fingerprint density at radius 2 is 1.93 bits per heavy atom. The van der Waals surface area contributed by atoms with Crippen molar-refractivity contribution < 1.29 is 18.7 Å². The zero-order valence-corrected chi connectivity index (χ0v) is 22.6. The Labute approximate surface area is 234 Å². The lowest BCUT2D eigenvalue weighted by Gasteiger charge is -2.38. The van der Waals surface area contributed by atoms with Crippen molar-refractivity contribution in [3.63, 3.8) is 0 Å². The number of urea groups is 1. The van der Waals surface area contributed by atoms with Gasteiger partial charge in [-0.25, -0.2) is 9.18 Å². The predicted molar refractivity (Wildman–Crippen MR) is 151 cm³/mol. The summed E-state index contributed by atoms with van der Waals surface area (Å²) < 4.78 is 21.7. The Morgan fingerprint density at radius 3 is 2.62 bits per heavy atom. The van der Waals surface area contributed by atoms with Crippen LogP contribution in [0.4, 0.5) is 14.9 Å². The summed E-state index contributed by atoms with van der Waals surface area (Å²) in [6.07, 6.45) is 3.50. The summed E-state index contributed by atoms with van der Waals surface area (Å²) in [5, 5.41) is 5.38. The standard InChI is InChI=1S/C28H28FN7O3S/c1-16(37)36-14-20(15-36)34-28(38)33-19-3-5-24(21(29)8-19)39-25-6-7-31-23-9-26(40-27(23)25)22-4-2-17(10-32-22)11-35-12-18(30)13-35/h2-10,18,20H,11-15,30H2,1H3,(H2,33,34,38). The van der Waals surface area contributed by atoms with E-state index in [0.717, 1.165) is 46.0 Å². The second-order valence-electron chi connectivity index (χ2n) is 10.1. The fraction of sp³-hybridized carbons (Fsp3) is 0.286. The van der Waals surface area contributed by atoms with Gasteiger partial charge in [-0.3, -0.25) is 19.7 Å². The first-order valence-electron chi connectivity index (χ1n) is 12.9. The number of hydrogen-bond donors (Lipinski definition) is 3. The number of nitrogens with two attached hydrogens (primary N) is 1. The number of anilines is 1. The predicted octanol–water partition coefficient (Wildman–Crippen LogP) is 3.78. The second kappa shape index (κ2) is 10.8. The van der Waals surface area contributed by atoms with Crippen molar-refractivity contribution in [1.29, 1.82) is 0 Å². The van der Waals surface area contributed by atoms with E-state index in [-0.39, 0.29) is 29.4 Å². The summed E-state index contributed by atoms with van der Waals surface area (Å²) in [6, 6.07) is 11.6. The van der Waals surface area contributed by atoms with Gasteiger partial charge in [0.15, 0.2) is 11.6 Å². The quantitative estimate of drug-likeness (QED) is 0.314. The average molecular weight is 562 g/mol. The lowest BCUT2D eigenvalue weighted by Crippen LogP contribution is -2.61. The lowest BCUT2D eigenvalue weighted by atomic mass is 10.1. The average Bonchev–Trinajstić information content (AvgIpc) is 3.32. The summed E-state index contributed by atoms with van der Waals surface area (Å²) in [6.45, 7) is 5.06. The van der Waals surface area contributed by atoms with E-state index in [1.54, 1.807) is 23.2 Å². The Morgan fingerprint density at radius 1 is 1.10 bits per heavy atom. The van der Waals surface area contributed by atoms with Crippen LogP contribution in [0.2, 0.25) is 0 Å². The number of benzene rings is 1. The molecule has 10 nitrogen and oxygen atoms in total. The number of aromatic nitrogens is 2. The highest BCUT2D eigenvalue weighted by molar-refractivity contribution is 7.22. The SMILES string of the molecule is CC(=O)N1CC(NC(=O)Nc2ccc(Oc3ccnc4cc(-c5ccc(CN6CC(N)C6)cn5)sc34)c(F)c2)C1. The molecule has 0 unspecified atom stereocenters. The second-order valence-corrected chi connectivity index (χ2v) is 11.2. The number of thiophene rings is 1. The molecule has 4 N–H and O–H groups in total. The van der Waals surface area contributed by atoms with E-state index in [0.29, 0.717) is 18.8 Å². The number of ether oxygens (including phenoxy) is 1. The van der Waals surface area contributed by atoms with Crippen molar-refractivity contribution in [3.8, 4) is 22.1 Å². The number of carbonyl (C=O) groups excluding carboxylic acids is 2. The summed E-state index contributed by atoms with van der Waals surface area (Å²) in [4.78, 5) is 37.4. The van der Waals surface area contributed by atoms with E-state index in [9.17, 15) is 14.0 Å². The molecule has 206 valence electrons. The molecule has 40 heavy (non-hydrogen) atoms. The molecule has 3 amide bonds. The smallest absolute Gasteiger partial charge is 0.319 e. The zero-order chi connectivity index (χ0) is 27.8. The first-order chi connectivity index (χ1) is 19.3. The highest BCUT2D eigenvalue weighted by atomic mass is 32.1. The molecular formula is C28H28FN7O3S. The van der Waals surface area contributed by atoms with Crippen molar-refractivity contribution in [3.05, 3.63) is 66.2 Å². The minimum atomic E-state index is -0.619. The van der Waals surface area contributed by atoms with E-state index in [1.807, 2.05) is 18.3 Å². The van der Waals surface area contributed by atoms with Gasteiger partial charge >= 0.3 is 6.03 Å². The maximum atomic E-state index is 14.9. The molecular weight excluding hydrogens is 533 g/mol. The summed E-state index contributed by atoms with van der Waals surface area (Å²) in [7, 11) is 0. The number of fused-ring (bicyclic) bond motifs is 1. The minimum Gasteiger partial charge on any atom is -0.453 e. The zero-order valence-electron chi connectivity index (χ0n) is 21.8. The number of rotatable bonds is 7. The molecule has 0 aliphatic carbocycles. The Bertz CT molecular complexity index is 1570. The highest BCUT2D eigenvalue weighted by Crippen LogP contribution is 2.39. The van der Waals surface area contributed by atoms with Crippen LogP contribution in [0, 0.1) is 5.82 Å². The molecule has 0 bridgehead atoms. The normalized spacial score (nSPS) is 15.9. The van der Waals surface area contributed by atoms with Crippen molar-refractivity contribution in [2.45, 2.75) is 25.6 Å². The third kappa shape index (κ3) is 5.60. The number of hydrogen-bond acceptors (Lipinski definition) is 8. The largest absolute Gasteiger partial charge is 0.453 e. The number of nitrogens with one attached hydrogen (secondary N) is 2. The van der Waals surface area contributed by atoms with Crippen LogP contribution in [-0.4, -0.2) is 70.0 Å². The fourth-order valence-electron chi connectivity index (χ4n) is 4.74. The number of halogens is 1.